The molecule has 1 atom stereocenters. The summed E-state index contributed by atoms with van der Waals surface area (Å²) in [6.07, 6.45) is 0.0951. The van der Waals surface area contributed by atoms with E-state index < -0.39 is 12.3 Å². The van der Waals surface area contributed by atoms with Crippen LogP contribution in [0.3, 0.4) is 0 Å². The Morgan fingerprint density at radius 1 is 1.39 bits per heavy atom. The van der Waals surface area contributed by atoms with E-state index in [1.165, 1.54) is 4.90 Å². The highest BCUT2D eigenvalue weighted by atomic mass is 16.5. The van der Waals surface area contributed by atoms with Gasteiger partial charge in [0, 0.05) is 11.8 Å². The van der Waals surface area contributed by atoms with Crippen molar-refractivity contribution in [3.8, 4) is 0 Å². The minimum absolute atomic E-state index is 0.326. The van der Waals surface area contributed by atoms with Gasteiger partial charge in [0.1, 0.15) is 17.8 Å². The molecule has 0 spiro atoms. The Bertz CT molecular complexity index is 363. The second-order valence-corrected chi connectivity index (χ2v) is 3.89. The number of rotatable bonds is 6. The van der Waals surface area contributed by atoms with E-state index >= 15 is 0 Å². The average molecular weight is 257 g/mol. The first kappa shape index (κ1) is 14.7. The third kappa shape index (κ3) is 3.30. The number of ether oxygens (including phenoxy) is 1. The minimum Gasteiger partial charge on any atom is -0.394 e. The molecule has 0 amide bonds. The fourth-order valence-electron chi connectivity index (χ4n) is 1.45. The summed E-state index contributed by atoms with van der Waals surface area (Å²) in [4.78, 5) is 5.52. The Morgan fingerprint density at radius 3 is 2.50 bits per heavy atom. The van der Waals surface area contributed by atoms with E-state index in [1.54, 1.807) is 13.1 Å². The summed E-state index contributed by atoms with van der Waals surface area (Å²) in [6.45, 7) is 4.44. The number of aliphatic hydroxyl groups is 3. The Kier molecular flexibility index (Phi) is 5.29. The number of hydrogen-bond donors (Lipinski definition) is 4. The van der Waals surface area contributed by atoms with E-state index in [2.05, 4.69) is 11.6 Å². The van der Waals surface area contributed by atoms with Gasteiger partial charge in [0.25, 0.3) is 0 Å². The van der Waals surface area contributed by atoms with Gasteiger partial charge in [0.2, 0.25) is 0 Å². The van der Waals surface area contributed by atoms with Crippen LogP contribution in [0.25, 0.3) is 0 Å². The van der Waals surface area contributed by atoms with E-state index in [-0.39, 0.29) is 19.8 Å². The molecule has 0 saturated heterocycles. The summed E-state index contributed by atoms with van der Waals surface area (Å²) in [6, 6.07) is 0. The van der Waals surface area contributed by atoms with E-state index in [4.69, 9.17) is 20.7 Å². The third-order valence-corrected chi connectivity index (χ3v) is 2.51. The van der Waals surface area contributed by atoms with Crippen LogP contribution in [0.15, 0.2) is 29.2 Å². The van der Waals surface area contributed by atoms with Gasteiger partial charge in [0.15, 0.2) is 6.23 Å². The average Bonchev–Trinajstić information content (AvgIpc) is 2.36. The number of hydrogen-bond acceptors (Lipinski definition) is 7. The molecule has 102 valence electrons. The molecule has 0 fully saturated rings. The fraction of sp³-hybridized carbons (Fsp3) is 0.545. The van der Waals surface area contributed by atoms with E-state index in [0.29, 0.717) is 17.2 Å². The molecule has 1 aliphatic heterocycles. The molecule has 0 aromatic rings. The van der Waals surface area contributed by atoms with Crippen LogP contribution in [0.1, 0.15) is 6.92 Å². The first-order chi connectivity index (χ1) is 8.53. The van der Waals surface area contributed by atoms with Crippen LogP contribution in [0.5, 0.6) is 0 Å². The predicted octanol–water partition coefficient (Wildman–Crippen LogP) is -1.28. The number of nitrogens with zero attached hydrogens (tertiary/aromatic N) is 2. The number of aliphatic hydroxyl groups excluding tert-OH is 3. The first-order valence-corrected chi connectivity index (χ1v) is 5.51. The van der Waals surface area contributed by atoms with Crippen molar-refractivity contribution in [2.24, 2.45) is 10.7 Å². The molecule has 0 aromatic carbocycles. The lowest BCUT2D eigenvalue weighted by atomic mass is 10.2. The highest BCUT2D eigenvalue weighted by molar-refractivity contribution is 5.97. The largest absolute Gasteiger partial charge is 0.394 e. The van der Waals surface area contributed by atoms with Crippen LogP contribution in [-0.2, 0) is 4.74 Å². The highest BCUT2D eigenvalue weighted by Gasteiger charge is 2.24. The van der Waals surface area contributed by atoms with Crippen LogP contribution in [0, 0.1) is 0 Å². The van der Waals surface area contributed by atoms with E-state index in [0.717, 1.165) is 0 Å². The maximum atomic E-state index is 9.31. The molecular formula is C11H19N3O4. The molecule has 18 heavy (non-hydrogen) atoms. The molecule has 1 aliphatic rings. The van der Waals surface area contributed by atoms with Gasteiger partial charge in [-0.05, 0) is 6.92 Å². The van der Waals surface area contributed by atoms with Crippen molar-refractivity contribution in [1.29, 1.82) is 0 Å². The zero-order chi connectivity index (χ0) is 13.7. The summed E-state index contributed by atoms with van der Waals surface area (Å²) in [5.74, 6) is 0.681. The van der Waals surface area contributed by atoms with Crippen molar-refractivity contribution in [3.05, 3.63) is 24.2 Å². The summed E-state index contributed by atoms with van der Waals surface area (Å²) in [7, 11) is 0. The quantitative estimate of drug-likeness (QED) is 0.472. The van der Waals surface area contributed by atoms with Crippen LogP contribution in [-0.4, -0.2) is 58.2 Å². The van der Waals surface area contributed by atoms with Gasteiger partial charge in [-0.25, -0.2) is 4.99 Å². The van der Waals surface area contributed by atoms with Crippen molar-refractivity contribution in [2.75, 3.05) is 19.8 Å². The van der Waals surface area contributed by atoms with Gasteiger partial charge in [-0.1, -0.05) is 6.58 Å². The standard InChI is InChI=1S/C11H19N3O4/c1-7-3-14(8(2)13-11(7)12)10(6-17)18-9(4-15)5-16/h3,9-10,15-17H,2,4-6H2,1H3,(H2,12,13)/t10-/m1/s1. The number of amidine groups is 1. The Hall–Kier alpha value is -1.41. The normalized spacial score (nSPS) is 17.8. The van der Waals surface area contributed by atoms with E-state index in [1.807, 2.05) is 0 Å². The highest BCUT2D eigenvalue weighted by Crippen LogP contribution is 2.19. The molecular weight excluding hydrogens is 238 g/mol. The molecule has 0 aliphatic carbocycles. The topological polar surface area (TPSA) is 112 Å². The molecule has 0 unspecified atom stereocenters. The zero-order valence-corrected chi connectivity index (χ0v) is 10.3. The number of aliphatic imine (C=N–C) groups is 1. The molecule has 7 nitrogen and oxygen atoms in total. The van der Waals surface area contributed by atoms with Crippen molar-refractivity contribution in [3.63, 3.8) is 0 Å². The zero-order valence-electron chi connectivity index (χ0n) is 10.3. The van der Waals surface area contributed by atoms with Crippen LogP contribution >= 0.6 is 0 Å². The summed E-state index contributed by atoms with van der Waals surface area (Å²) >= 11 is 0. The third-order valence-electron chi connectivity index (χ3n) is 2.51. The first-order valence-electron chi connectivity index (χ1n) is 5.51. The molecule has 5 N–H and O–H groups in total. The smallest absolute Gasteiger partial charge is 0.158 e. The minimum atomic E-state index is -0.784. The van der Waals surface area contributed by atoms with Gasteiger partial charge in [-0.2, -0.15) is 0 Å². The Labute approximate surface area is 105 Å². The molecule has 1 rings (SSSR count). The Morgan fingerprint density at radius 2 is 2.00 bits per heavy atom. The van der Waals surface area contributed by atoms with Gasteiger partial charge >= 0.3 is 0 Å². The van der Waals surface area contributed by atoms with Crippen LogP contribution in [0.2, 0.25) is 0 Å². The van der Waals surface area contributed by atoms with Gasteiger partial charge in [0.05, 0.1) is 19.8 Å². The van der Waals surface area contributed by atoms with Crippen molar-refractivity contribution in [1.82, 2.24) is 4.90 Å². The predicted molar refractivity (Wildman–Crippen MR) is 66.3 cm³/mol. The molecule has 7 heteroatoms. The van der Waals surface area contributed by atoms with Gasteiger partial charge in [-0.15, -0.1) is 0 Å². The van der Waals surface area contributed by atoms with Gasteiger partial charge in [-0.3, -0.25) is 0 Å². The molecule has 1 heterocycles. The maximum Gasteiger partial charge on any atom is 0.158 e. The Balaban J connectivity index is 2.80. The summed E-state index contributed by atoms with van der Waals surface area (Å²) < 4.78 is 5.35. The van der Waals surface area contributed by atoms with Crippen molar-refractivity contribution < 1.29 is 20.1 Å². The monoisotopic (exact) mass is 257 g/mol. The van der Waals surface area contributed by atoms with Crippen molar-refractivity contribution >= 4 is 5.84 Å². The molecule has 0 radical (unpaired) electrons. The maximum absolute atomic E-state index is 9.31. The molecule has 0 aromatic heterocycles. The second kappa shape index (κ2) is 6.50. The second-order valence-electron chi connectivity index (χ2n) is 3.89. The summed E-state index contributed by atoms with van der Waals surface area (Å²) in [5.41, 5.74) is 6.35. The molecule has 0 bridgehead atoms. The SMILES string of the molecule is C=C1N=C(N)C(C)=CN1[C@@H](CO)OC(CO)CO. The molecule has 0 saturated carbocycles. The lowest BCUT2D eigenvalue weighted by molar-refractivity contribution is -0.123. The van der Waals surface area contributed by atoms with Crippen molar-refractivity contribution in [2.45, 2.75) is 19.3 Å². The summed E-state index contributed by atoms with van der Waals surface area (Å²) in [5, 5.41) is 27.2. The van der Waals surface area contributed by atoms with E-state index in [9.17, 15) is 5.11 Å². The van der Waals surface area contributed by atoms with Crippen LogP contribution in [0.4, 0.5) is 0 Å². The van der Waals surface area contributed by atoms with Crippen LogP contribution < -0.4 is 5.73 Å². The lowest BCUT2D eigenvalue weighted by Crippen LogP contribution is -2.42. The lowest BCUT2D eigenvalue weighted by Gasteiger charge is -2.33. The van der Waals surface area contributed by atoms with Gasteiger partial charge < -0.3 is 30.7 Å². The number of nitrogens with two attached hydrogens (primary N) is 1. The fourth-order valence-corrected chi connectivity index (χ4v) is 1.45.